The molecule has 0 bridgehead atoms. The maximum Gasteiger partial charge on any atom is 0.346 e. The number of carbonyl (C=O) groups excluding carboxylic acids is 1. The van der Waals surface area contributed by atoms with Gasteiger partial charge in [0.15, 0.2) is 0 Å². The predicted molar refractivity (Wildman–Crippen MR) is 104 cm³/mol. The Morgan fingerprint density at radius 3 is 2.68 bits per heavy atom. The first kappa shape index (κ1) is 19.4. The molecule has 3 rings (SSSR count). The second-order valence-corrected chi connectivity index (χ2v) is 6.83. The number of thiophene rings is 1. The number of methoxy groups -OCH3 is 2. The van der Waals surface area contributed by atoms with Crippen LogP contribution in [-0.4, -0.2) is 40.8 Å². The molecule has 10 heteroatoms. The number of fused-ring (bicyclic) bond motifs is 1. The van der Waals surface area contributed by atoms with Gasteiger partial charge in [-0.3, -0.25) is 14.2 Å². The molecule has 0 aliphatic rings. The molecule has 2 aromatic heterocycles. The summed E-state index contributed by atoms with van der Waals surface area (Å²) in [7, 11) is 2.98. The molecule has 9 nitrogen and oxygen atoms in total. The fourth-order valence-electron chi connectivity index (χ4n) is 2.72. The Bertz CT molecular complexity index is 1130. The van der Waals surface area contributed by atoms with E-state index < -0.39 is 17.4 Å². The van der Waals surface area contributed by atoms with E-state index >= 15 is 0 Å². The van der Waals surface area contributed by atoms with Crippen LogP contribution in [0, 0.1) is 6.92 Å². The van der Waals surface area contributed by atoms with Crippen molar-refractivity contribution in [2.24, 2.45) is 0 Å². The number of carboxylic acid groups (broad SMARTS) is 1. The highest BCUT2D eigenvalue weighted by Gasteiger charge is 2.19. The number of nitrogens with one attached hydrogen (secondary N) is 1. The minimum atomic E-state index is -1.12. The van der Waals surface area contributed by atoms with Gasteiger partial charge in [0.1, 0.15) is 27.8 Å². The Hall–Kier alpha value is -3.40. The van der Waals surface area contributed by atoms with E-state index in [1.54, 1.807) is 25.1 Å². The van der Waals surface area contributed by atoms with Gasteiger partial charge in [-0.25, -0.2) is 9.78 Å². The van der Waals surface area contributed by atoms with E-state index in [1.807, 2.05) is 0 Å². The molecule has 3 aromatic rings. The van der Waals surface area contributed by atoms with Gasteiger partial charge < -0.3 is 19.9 Å². The van der Waals surface area contributed by atoms with Crippen LogP contribution in [0.15, 0.2) is 29.3 Å². The lowest BCUT2D eigenvalue weighted by Gasteiger charge is -2.12. The highest BCUT2D eigenvalue weighted by Crippen LogP contribution is 2.29. The Morgan fingerprint density at radius 1 is 1.29 bits per heavy atom. The number of hydrogen-bond acceptors (Lipinski definition) is 7. The van der Waals surface area contributed by atoms with E-state index in [0.29, 0.717) is 27.6 Å². The van der Waals surface area contributed by atoms with E-state index in [1.165, 1.54) is 20.5 Å². The van der Waals surface area contributed by atoms with E-state index in [4.69, 9.17) is 9.47 Å². The number of ether oxygens (including phenoxy) is 2. The van der Waals surface area contributed by atoms with Crippen LogP contribution in [0.1, 0.15) is 15.2 Å². The van der Waals surface area contributed by atoms with Gasteiger partial charge in [-0.2, -0.15) is 0 Å². The van der Waals surface area contributed by atoms with Crippen LogP contribution in [-0.2, 0) is 11.3 Å². The quantitative estimate of drug-likeness (QED) is 0.647. The van der Waals surface area contributed by atoms with E-state index in [9.17, 15) is 19.5 Å². The Labute approximate surface area is 163 Å². The Balaban J connectivity index is 1.88. The topological polar surface area (TPSA) is 120 Å². The largest absolute Gasteiger partial charge is 0.497 e. The van der Waals surface area contributed by atoms with Gasteiger partial charge in [0.25, 0.3) is 5.56 Å². The van der Waals surface area contributed by atoms with Crippen molar-refractivity contribution in [3.05, 3.63) is 45.3 Å². The predicted octanol–water partition coefficient (Wildman–Crippen LogP) is 2.12. The van der Waals surface area contributed by atoms with Gasteiger partial charge in [-0.15, -0.1) is 11.3 Å². The number of nitrogens with zero attached hydrogens (tertiary/aromatic N) is 2. The lowest BCUT2D eigenvalue weighted by molar-refractivity contribution is -0.116. The monoisotopic (exact) mass is 403 g/mol. The molecule has 0 radical (unpaired) electrons. The number of aromatic nitrogens is 2. The highest BCUT2D eigenvalue weighted by molar-refractivity contribution is 7.20. The molecule has 0 fully saturated rings. The number of amides is 1. The third-order valence-corrected chi connectivity index (χ3v) is 5.30. The van der Waals surface area contributed by atoms with Crippen molar-refractivity contribution < 1.29 is 24.2 Å². The number of carbonyl (C=O) groups is 2. The standard InChI is InChI=1S/C18H17N3O6S/c1-9-14-16(28-15(9)18(24)25)19-8-21(17(14)23)7-13(22)20-11-5-4-10(26-2)6-12(11)27-3/h4-6,8H,7H2,1-3H3,(H,20,22)(H,24,25). The van der Waals surface area contributed by atoms with Crippen LogP contribution < -0.4 is 20.3 Å². The number of carboxylic acids is 1. The molecule has 2 heterocycles. The number of hydrogen-bond donors (Lipinski definition) is 2. The molecule has 28 heavy (non-hydrogen) atoms. The first-order chi connectivity index (χ1) is 13.3. The fourth-order valence-corrected chi connectivity index (χ4v) is 3.70. The third kappa shape index (κ3) is 3.54. The number of aromatic carboxylic acids is 1. The summed E-state index contributed by atoms with van der Waals surface area (Å²) in [6, 6.07) is 4.92. The molecular weight excluding hydrogens is 386 g/mol. The lowest BCUT2D eigenvalue weighted by atomic mass is 10.2. The SMILES string of the molecule is COc1ccc(NC(=O)Cn2cnc3sc(C(=O)O)c(C)c3c2=O)c(OC)c1. The zero-order chi connectivity index (χ0) is 20.4. The maximum atomic E-state index is 12.7. The summed E-state index contributed by atoms with van der Waals surface area (Å²) in [6.07, 6.45) is 1.23. The van der Waals surface area contributed by atoms with Gasteiger partial charge in [0.2, 0.25) is 5.91 Å². The van der Waals surface area contributed by atoms with Crippen LogP contribution in [0.3, 0.4) is 0 Å². The van der Waals surface area contributed by atoms with Crippen LogP contribution in [0.5, 0.6) is 11.5 Å². The molecule has 0 spiro atoms. The van der Waals surface area contributed by atoms with Crippen molar-refractivity contribution in [2.75, 3.05) is 19.5 Å². The molecule has 146 valence electrons. The summed E-state index contributed by atoms with van der Waals surface area (Å²) >= 11 is 0.932. The van der Waals surface area contributed by atoms with Crippen LogP contribution in [0.4, 0.5) is 5.69 Å². The van der Waals surface area contributed by atoms with Crippen molar-refractivity contribution in [3.63, 3.8) is 0 Å². The van der Waals surface area contributed by atoms with Gasteiger partial charge in [-0.05, 0) is 24.6 Å². The van der Waals surface area contributed by atoms with E-state index in [-0.39, 0.29) is 16.8 Å². The summed E-state index contributed by atoms with van der Waals surface area (Å²) in [5, 5.41) is 12.1. The first-order valence-electron chi connectivity index (χ1n) is 8.09. The smallest absolute Gasteiger partial charge is 0.346 e. The van der Waals surface area contributed by atoms with Crippen molar-refractivity contribution in [1.82, 2.24) is 9.55 Å². The minimum absolute atomic E-state index is 0.0600. The number of aryl methyl sites for hydroxylation is 1. The number of rotatable bonds is 6. The van der Waals surface area contributed by atoms with E-state index in [2.05, 4.69) is 10.3 Å². The molecule has 0 saturated heterocycles. The molecule has 2 N–H and O–H groups in total. The molecule has 0 aliphatic heterocycles. The highest BCUT2D eigenvalue weighted by atomic mass is 32.1. The van der Waals surface area contributed by atoms with E-state index in [0.717, 1.165) is 15.9 Å². The molecule has 1 aromatic carbocycles. The Morgan fingerprint density at radius 2 is 2.04 bits per heavy atom. The summed E-state index contributed by atoms with van der Waals surface area (Å²) in [5.41, 5.74) is 0.301. The molecule has 0 atom stereocenters. The zero-order valence-electron chi connectivity index (χ0n) is 15.3. The lowest BCUT2D eigenvalue weighted by Crippen LogP contribution is -2.28. The molecule has 0 saturated carbocycles. The van der Waals surface area contributed by atoms with Gasteiger partial charge in [-0.1, -0.05) is 0 Å². The second kappa shape index (κ2) is 7.69. The zero-order valence-corrected chi connectivity index (χ0v) is 16.1. The van der Waals surface area contributed by atoms with Crippen molar-refractivity contribution >= 4 is 39.1 Å². The van der Waals surface area contributed by atoms with Crippen molar-refractivity contribution in [3.8, 4) is 11.5 Å². The second-order valence-electron chi connectivity index (χ2n) is 5.83. The molecular formula is C18H17N3O6S. The molecule has 1 amide bonds. The van der Waals surface area contributed by atoms with Gasteiger partial charge >= 0.3 is 5.97 Å². The summed E-state index contributed by atoms with van der Waals surface area (Å²) in [4.78, 5) is 40.9. The van der Waals surface area contributed by atoms with Crippen LogP contribution >= 0.6 is 11.3 Å². The summed E-state index contributed by atoms with van der Waals surface area (Å²) in [6.45, 7) is 1.27. The van der Waals surface area contributed by atoms with Crippen LogP contribution in [0.2, 0.25) is 0 Å². The fraction of sp³-hybridized carbons (Fsp3) is 0.222. The average Bonchev–Trinajstić information content (AvgIpc) is 3.02. The first-order valence-corrected chi connectivity index (χ1v) is 8.91. The van der Waals surface area contributed by atoms with Gasteiger partial charge in [0.05, 0.1) is 31.6 Å². The van der Waals surface area contributed by atoms with Crippen LogP contribution in [0.25, 0.3) is 10.2 Å². The van der Waals surface area contributed by atoms with Crippen molar-refractivity contribution in [1.29, 1.82) is 0 Å². The third-order valence-electron chi connectivity index (χ3n) is 4.11. The maximum absolute atomic E-state index is 12.7. The van der Waals surface area contributed by atoms with Crippen molar-refractivity contribution in [2.45, 2.75) is 13.5 Å². The number of anilines is 1. The average molecular weight is 403 g/mol. The minimum Gasteiger partial charge on any atom is -0.497 e. The molecule has 0 aliphatic carbocycles. The Kier molecular flexibility index (Phi) is 5.32. The summed E-state index contributed by atoms with van der Waals surface area (Å²) < 4.78 is 11.5. The number of benzene rings is 1. The van der Waals surface area contributed by atoms with Gasteiger partial charge in [0, 0.05) is 6.07 Å². The normalized spacial score (nSPS) is 10.7. The summed E-state index contributed by atoms with van der Waals surface area (Å²) in [5.74, 6) is -0.592. The molecule has 0 unspecified atom stereocenters.